The van der Waals surface area contributed by atoms with Crippen LogP contribution in [0.1, 0.15) is 23.2 Å². The second-order valence-corrected chi connectivity index (χ2v) is 4.74. The van der Waals surface area contributed by atoms with Crippen molar-refractivity contribution in [1.29, 1.82) is 0 Å². The summed E-state index contributed by atoms with van der Waals surface area (Å²) in [5.41, 5.74) is 1.72. The average molecular weight is 314 g/mol. The van der Waals surface area contributed by atoms with Gasteiger partial charge in [0.05, 0.1) is 24.1 Å². The summed E-state index contributed by atoms with van der Waals surface area (Å²) in [5, 5.41) is 10.6. The lowest BCUT2D eigenvalue weighted by Gasteiger charge is -2.03. The first-order chi connectivity index (χ1) is 11.0. The first-order valence-electron chi connectivity index (χ1n) is 6.82. The van der Waals surface area contributed by atoms with Crippen LogP contribution < -0.4 is 0 Å². The number of nitrogens with zero attached hydrogens (tertiary/aromatic N) is 2. The Hall–Kier alpha value is -3.09. The molecule has 0 radical (unpaired) electrons. The standard InChI is InChI=1S/C16H14N2O5/c1-23-16(20)9-8-15(19)12-4-2-11(3-5-12)14-7-6-13(10-17-14)18(21)22/h2-7,10H,8-9H2,1H3. The van der Waals surface area contributed by atoms with Crippen molar-refractivity contribution < 1.29 is 19.2 Å². The van der Waals surface area contributed by atoms with Crippen LogP contribution in [0.4, 0.5) is 5.69 Å². The molecule has 0 aliphatic rings. The smallest absolute Gasteiger partial charge is 0.305 e. The fraction of sp³-hybridized carbons (Fsp3) is 0.188. The summed E-state index contributed by atoms with van der Waals surface area (Å²) in [6.07, 6.45) is 1.31. The molecule has 0 aliphatic carbocycles. The molecular weight excluding hydrogens is 300 g/mol. The van der Waals surface area contributed by atoms with Gasteiger partial charge in [-0.1, -0.05) is 24.3 Å². The number of nitro groups is 1. The number of hydrogen-bond donors (Lipinski definition) is 0. The molecule has 2 rings (SSSR count). The minimum absolute atomic E-state index is 0.0427. The molecule has 0 saturated heterocycles. The van der Waals surface area contributed by atoms with Crippen LogP contribution >= 0.6 is 0 Å². The van der Waals surface area contributed by atoms with Crippen molar-refractivity contribution in [2.24, 2.45) is 0 Å². The molecule has 1 heterocycles. The number of hydrogen-bond acceptors (Lipinski definition) is 6. The van der Waals surface area contributed by atoms with Crippen LogP contribution in [0, 0.1) is 10.1 Å². The van der Waals surface area contributed by atoms with Crippen LogP contribution in [0.25, 0.3) is 11.3 Å². The van der Waals surface area contributed by atoms with E-state index in [9.17, 15) is 19.7 Å². The largest absolute Gasteiger partial charge is 0.469 e. The summed E-state index contributed by atoms with van der Waals surface area (Å²) < 4.78 is 4.49. The minimum Gasteiger partial charge on any atom is -0.469 e. The van der Waals surface area contributed by atoms with Gasteiger partial charge < -0.3 is 4.74 Å². The molecular formula is C16H14N2O5. The van der Waals surface area contributed by atoms with Gasteiger partial charge in [-0.05, 0) is 6.07 Å². The third-order valence-corrected chi connectivity index (χ3v) is 3.25. The lowest BCUT2D eigenvalue weighted by atomic mass is 10.0. The van der Waals surface area contributed by atoms with E-state index in [1.165, 1.54) is 19.4 Å². The van der Waals surface area contributed by atoms with Crippen LogP contribution in [0.2, 0.25) is 0 Å². The number of carbonyl (C=O) groups is 2. The Balaban J connectivity index is 2.08. The zero-order valence-electron chi connectivity index (χ0n) is 12.4. The number of carbonyl (C=O) groups excluding carboxylic acids is 2. The average Bonchev–Trinajstić information content (AvgIpc) is 2.59. The lowest BCUT2D eigenvalue weighted by Crippen LogP contribution is -2.05. The highest BCUT2D eigenvalue weighted by Crippen LogP contribution is 2.20. The van der Waals surface area contributed by atoms with Crippen LogP contribution in [-0.2, 0) is 9.53 Å². The van der Waals surface area contributed by atoms with Crippen molar-refractivity contribution in [1.82, 2.24) is 4.98 Å². The van der Waals surface area contributed by atoms with Gasteiger partial charge in [0.25, 0.3) is 5.69 Å². The highest BCUT2D eigenvalue weighted by Gasteiger charge is 2.11. The number of aromatic nitrogens is 1. The maximum atomic E-state index is 11.9. The molecule has 0 amide bonds. The van der Waals surface area contributed by atoms with E-state index in [0.717, 1.165) is 5.56 Å². The van der Waals surface area contributed by atoms with E-state index in [2.05, 4.69) is 9.72 Å². The number of pyridine rings is 1. The van der Waals surface area contributed by atoms with Gasteiger partial charge in [-0.25, -0.2) is 4.98 Å². The molecule has 23 heavy (non-hydrogen) atoms. The molecule has 0 aliphatic heterocycles. The highest BCUT2D eigenvalue weighted by molar-refractivity contribution is 5.97. The third-order valence-electron chi connectivity index (χ3n) is 3.25. The Bertz CT molecular complexity index is 723. The monoisotopic (exact) mass is 314 g/mol. The van der Waals surface area contributed by atoms with E-state index in [0.29, 0.717) is 11.3 Å². The topological polar surface area (TPSA) is 99.4 Å². The van der Waals surface area contributed by atoms with Gasteiger partial charge in [-0.3, -0.25) is 19.7 Å². The number of Topliss-reactive ketones (excluding diaryl/α,β-unsaturated/α-hetero) is 1. The second kappa shape index (κ2) is 7.26. The molecule has 2 aromatic rings. The number of rotatable bonds is 6. The molecule has 7 heteroatoms. The number of methoxy groups -OCH3 is 1. The molecule has 7 nitrogen and oxygen atoms in total. The van der Waals surface area contributed by atoms with E-state index in [-0.39, 0.29) is 24.3 Å². The zero-order chi connectivity index (χ0) is 16.8. The summed E-state index contributed by atoms with van der Waals surface area (Å²) in [6, 6.07) is 9.61. The number of esters is 1. The summed E-state index contributed by atoms with van der Waals surface area (Å²) in [6.45, 7) is 0. The van der Waals surface area contributed by atoms with Gasteiger partial charge >= 0.3 is 5.97 Å². The highest BCUT2D eigenvalue weighted by atomic mass is 16.6. The van der Waals surface area contributed by atoms with Crippen LogP contribution in [0.15, 0.2) is 42.6 Å². The fourth-order valence-electron chi connectivity index (χ4n) is 1.95. The number of ether oxygens (including phenoxy) is 1. The van der Waals surface area contributed by atoms with E-state index >= 15 is 0 Å². The van der Waals surface area contributed by atoms with Gasteiger partial charge in [-0.15, -0.1) is 0 Å². The molecule has 0 bridgehead atoms. The molecule has 0 saturated carbocycles. The summed E-state index contributed by atoms with van der Waals surface area (Å²) in [4.78, 5) is 37.1. The Kier molecular flexibility index (Phi) is 5.14. The molecule has 1 aromatic carbocycles. The summed E-state index contributed by atoms with van der Waals surface area (Å²) >= 11 is 0. The van der Waals surface area contributed by atoms with Crippen molar-refractivity contribution in [2.45, 2.75) is 12.8 Å². The molecule has 0 fully saturated rings. The van der Waals surface area contributed by atoms with Gasteiger partial charge in [0.2, 0.25) is 0 Å². The van der Waals surface area contributed by atoms with Gasteiger partial charge in [-0.2, -0.15) is 0 Å². The molecule has 118 valence electrons. The van der Waals surface area contributed by atoms with E-state index in [4.69, 9.17) is 0 Å². The van der Waals surface area contributed by atoms with Crippen molar-refractivity contribution >= 4 is 17.4 Å². The third kappa shape index (κ3) is 4.19. The molecule has 0 atom stereocenters. The van der Waals surface area contributed by atoms with Gasteiger partial charge in [0.15, 0.2) is 5.78 Å². The van der Waals surface area contributed by atoms with Crippen molar-refractivity contribution in [3.8, 4) is 11.3 Å². The van der Waals surface area contributed by atoms with Gasteiger partial charge in [0.1, 0.15) is 6.20 Å². The Morgan fingerprint density at radius 3 is 2.35 bits per heavy atom. The molecule has 0 spiro atoms. The normalized spacial score (nSPS) is 10.1. The minimum atomic E-state index is -0.514. The number of ketones is 1. The maximum Gasteiger partial charge on any atom is 0.305 e. The van der Waals surface area contributed by atoms with E-state index in [1.54, 1.807) is 30.3 Å². The molecule has 0 N–H and O–H groups in total. The lowest BCUT2D eigenvalue weighted by molar-refractivity contribution is -0.385. The van der Waals surface area contributed by atoms with Crippen molar-refractivity contribution in [3.05, 3.63) is 58.3 Å². The predicted molar refractivity (Wildman–Crippen MR) is 81.9 cm³/mol. The quantitative estimate of drug-likeness (QED) is 0.352. The Morgan fingerprint density at radius 1 is 1.13 bits per heavy atom. The Morgan fingerprint density at radius 2 is 1.83 bits per heavy atom. The fourth-order valence-corrected chi connectivity index (χ4v) is 1.95. The second-order valence-electron chi connectivity index (χ2n) is 4.74. The van der Waals surface area contributed by atoms with E-state index < -0.39 is 10.9 Å². The van der Waals surface area contributed by atoms with Crippen LogP contribution in [-0.4, -0.2) is 28.8 Å². The Labute approximate surface area is 132 Å². The first-order valence-corrected chi connectivity index (χ1v) is 6.82. The predicted octanol–water partition coefficient (Wildman–Crippen LogP) is 2.79. The number of benzene rings is 1. The van der Waals surface area contributed by atoms with Gasteiger partial charge in [0, 0.05) is 23.6 Å². The first kappa shape index (κ1) is 16.3. The molecule has 1 aromatic heterocycles. The molecule has 0 unspecified atom stereocenters. The SMILES string of the molecule is COC(=O)CCC(=O)c1ccc(-c2ccc([N+](=O)[O-])cn2)cc1. The van der Waals surface area contributed by atoms with Crippen LogP contribution in [0.5, 0.6) is 0 Å². The van der Waals surface area contributed by atoms with Crippen LogP contribution in [0.3, 0.4) is 0 Å². The van der Waals surface area contributed by atoms with Crippen molar-refractivity contribution in [3.63, 3.8) is 0 Å². The van der Waals surface area contributed by atoms with Crippen molar-refractivity contribution in [2.75, 3.05) is 7.11 Å². The summed E-state index contributed by atoms with van der Waals surface area (Å²) in [5.74, 6) is -0.580. The van der Waals surface area contributed by atoms with E-state index in [1.807, 2.05) is 0 Å². The summed E-state index contributed by atoms with van der Waals surface area (Å²) in [7, 11) is 1.28. The maximum absolute atomic E-state index is 11.9. The zero-order valence-corrected chi connectivity index (χ0v) is 12.4.